The normalized spacial score (nSPS) is 21.8. The van der Waals surface area contributed by atoms with Gasteiger partial charge in [-0.2, -0.15) is 4.98 Å². The number of piperidine rings is 1. The molecule has 0 aliphatic carbocycles. The smallest absolute Gasteiger partial charge is 0.241 e. The molecular weight excluding hydrogens is 316 g/mol. The van der Waals surface area contributed by atoms with Crippen molar-refractivity contribution in [1.82, 2.24) is 15.0 Å². The molecule has 1 aromatic heterocycles. The van der Waals surface area contributed by atoms with Crippen LogP contribution in [0.2, 0.25) is 0 Å². The summed E-state index contributed by atoms with van der Waals surface area (Å²) in [7, 11) is 1.76. The van der Waals surface area contributed by atoms with Gasteiger partial charge in [0, 0.05) is 31.8 Å². The summed E-state index contributed by atoms with van der Waals surface area (Å²) in [6, 6.07) is 10.1. The van der Waals surface area contributed by atoms with E-state index in [9.17, 15) is 0 Å². The van der Waals surface area contributed by atoms with Crippen molar-refractivity contribution in [2.45, 2.75) is 31.5 Å². The number of likely N-dealkylation sites (tertiary alicyclic amines) is 1. The first-order chi connectivity index (χ1) is 10.8. The first kappa shape index (κ1) is 17.9. The number of methoxy groups -OCH3 is 1. The molecule has 2 atom stereocenters. The Balaban J connectivity index is 0.00000192. The zero-order valence-electron chi connectivity index (χ0n) is 13.2. The van der Waals surface area contributed by atoms with Gasteiger partial charge >= 0.3 is 0 Å². The SMILES string of the molecule is COC1CCN(Cc2nc(-c3ccccc3)no2)C(CN)C1.Cl. The van der Waals surface area contributed by atoms with E-state index in [2.05, 4.69) is 15.0 Å². The molecular formula is C16H23ClN4O2. The predicted molar refractivity (Wildman–Crippen MR) is 90.3 cm³/mol. The summed E-state index contributed by atoms with van der Waals surface area (Å²) in [5, 5.41) is 4.07. The second kappa shape index (κ2) is 8.40. The third-order valence-electron chi connectivity index (χ3n) is 4.23. The molecule has 2 aromatic rings. The van der Waals surface area contributed by atoms with E-state index in [0.717, 1.165) is 24.9 Å². The molecule has 7 heteroatoms. The molecule has 3 rings (SSSR count). The molecule has 126 valence electrons. The molecule has 2 N–H and O–H groups in total. The molecule has 1 fully saturated rings. The average molecular weight is 339 g/mol. The quantitative estimate of drug-likeness (QED) is 0.899. The van der Waals surface area contributed by atoms with Crippen LogP contribution in [0.25, 0.3) is 11.4 Å². The van der Waals surface area contributed by atoms with E-state index in [1.54, 1.807) is 7.11 Å². The van der Waals surface area contributed by atoms with Crippen LogP contribution in [-0.2, 0) is 11.3 Å². The molecule has 0 radical (unpaired) electrons. The van der Waals surface area contributed by atoms with E-state index in [-0.39, 0.29) is 12.4 Å². The molecule has 0 amide bonds. The highest BCUT2D eigenvalue weighted by molar-refractivity contribution is 5.85. The van der Waals surface area contributed by atoms with Crippen LogP contribution in [0.4, 0.5) is 0 Å². The lowest BCUT2D eigenvalue weighted by Crippen LogP contribution is -2.48. The highest BCUT2D eigenvalue weighted by Crippen LogP contribution is 2.22. The molecule has 0 bridgehead atoms. The lowest BCUT2D eigenvalue weighted by atomic mass is 9.99. The van der Waals surface area contributed by atoms with E-state index in [1.807, 2.05) is 30.3 Å². The zero-order chi connectivity index (χ0) is 15.4. The van der Waals surface area contributed by atoms with Gasteiger partial charge in [-0.15, -0.1) is 12.4 Å². The Labute approximate surface area is 142 Å². The predicted octanol–water partition coefficient (Wildman–Crippen LogP) is 2.10. The minimum absolute atomic E-state index is 0. The van der Waals surface area contributed by atoms with E-state index < -0.39 is 0 Å². The maximum Gasteiger partial charge on any atom is 0.241 e. The molecule has 1 aliphatic rings. The topological polar surface area (TPSA) is 77.4 Å². The van der Waals surface area contributed by atoms with Crippen LogP contribution in [0.1, 0.15) is 18.7 Å². The fourth-order valence-corrected chi connectivity index (χ4v) is 2.93. The van der Waals surface area contributed by atoms with Crippen molar-refractivity contribution in [2.75, 3.05) is 20.2 Å². The van der Waals surface area contributed by atoms with Gasteiger partial charge in [-0.3, -0.25) is 4.90 Å². The van der Waals surface area contributed by atoms with Crippen molar-refractivity contribution in [2.24, 2.45) is 5.73 Å². The third-order valence-corrected chi connectivity index (χ3v) is 4.23. The van der Waals surface area contributed by atoms with Gasteiger partial charge in [-0.05, 0) is 12.8 Å². The van der Waals surface area contributed by atoms with E-state index in [4.69, 9.17) is 15.0 Å². The molecule has 2 heterocycles. The number of rotatable bonds is 5. The van der Waals surface area contributed by atoms with Crippen LogP contribution >= 0.6 is 12.4 Å². The molecule has 0 saturated carbocycles. The highest BCUT2D eigenvalue weighted by Gasteiger charge is 2.28. The molecule has 23 heavy (non-hydrogen) atoms. The summed E-state index contributed by atoms with van der Waals surface area (Å²) in [5.74, 6) is 1.26. The Morgan fingerprint density at radius 1 is 1.35 bits per heavy atom. The van der Waals surface area contributed by atoms with E-state index in [0.29, 0.717) is 37.0 Å². The minimum Gasteiger partial charge on any atom is -0.381 e. The summed E-state index contributed by atoms with van der Waals surface area (Å²) >= 11 is 0. The lowest BCUT2D eigenvalue weighted by molar-refractivity contribution is 0.00676. The minimum atomic E-state index is 0. The number of nitrogens with two attached hydrogens (primary N) is 1. The number of nitrogens with zero attached hydrogens (tertiary/aromatic N) is 3. The fraction of sp³-hybridized carbons (Fsp3) is 0.500. The van der Waals surface area contributed by atoms with Gasteiger partial charge in [0.2, 0.25) is 11.7 Å². The molecule has 0 spiro atoms. The maximum absolute atomic E-state index is 5.90. The van der Waals surface area contributed by atoms with Gasteiger partial charge < -0.3 is 15.0 Å². The number of aromatic nitrogens is 2. The van der Waals surface area contributed by atoms with Crippen molar-refractivity contribution in [3.05, 3.63) is 36.2 Å². The van der Waals surface area contributed by atoms with Crippen LogP contribution in [-0.4, -0.2) is 47.4 Å². The molecule has 1 saturated heterocycles. The second-order valence-corrected chi connectivity index (χ2v) is 5.62. The Morgan fingerprint density at radius 3 is 2.83 bits per heavy atom. The number of ether oxygens (including phenoxy) is 1. The van der Waals surface area contributed by atoms with Crippen molar-refractivity contribution in [3.63, 3.8) is 0 Å². The second-order valence-electron chi connectivity index (χ2n) is 5.62. The largest absolute Gasteiger partial charge is 0.381 e. The molecule has 1 aliphatic heterocycles. The van der Waals surface area contributed by atoms with Crippen molar-refractivity contribution in [1.29, 1.82) is 0 Å². The Kier molecular flexibility index (Phi) is 6.53. The van der Waals surface area contributed by atoms with Crippen molar-refractivity contribution in [3.8, 4) is 11.4 Å². The molecule has 1 aromatic carbocycles. The van der Waals surface area contributed by atoms with Crippen molar-refractivity contribution >= 4 is 12.4 Å². The first-order valence-corrected chi connectivity index (χ1v) is 7.65. The summed E-state index contributed by atoms with van der Waals surface area (Å²) in [6.45, 7) is 2.18. The molecule has 6 nitrogen and oxygen atoms in total. The highest BCUT2D eigenvalue weighted by atomic mass is 35.5. The number of benzene rings is 1. The third kappa shape index (κ3) is 4.29. The van der Waals surface area contributed by atoms with Gasteiger partial charge in [-0.25, -0.2) is 0 Å². The summed E-state index contributed by atoms with van der Waals surface area (Å²) in [4.78, 5) is 6.79. The number of halogens is 1. The lowest BCUT2D eigenvalue weighted by Gasteiger charge is -2.37. The number of hydrogen-bond acceptors (Lipinski definition) is 6. The Hall–Kier alpha value is -1.47. The summed E-state index contributed by atoms with van der Waals surface area (Å²) in [6.07, 6.45) is 2.26. The van der Waals surface area contributed by atoms with Gasteiger partial charge in [0.05, 0.1) is 12.6 Å². The van der Waals surface area contributed by atoms with Crippen LogP contribution in [0.5, 0.6) is 0 Å². The maximum atomic E-state index is 5.90. The van der Waals surface area contributed by atoms with Crippen LogP contribution in [0, 0.1) is 0 Å². The van der Waals surface area contributed by atoms with Crippen LogP contribution in [0.3, 0.4) is 0 Å². The van der Waals surface area contributed by atoms with E-state index in [1.165, 1.54) is 0 Å². The monoisotopic (exact) mass is 338 g/mol. The van der Waals surface area contributed by atoms with Gasteiger partial charge in [0.25, 0.3) is 0 Å². The Bertz CT molecular complexity index is 593. The summed E-state index contributed by atoms with van der Waals surface area (Å²) < 4.78 is 10.8. The fourth-order valence-electron chi connectivity index (χ4n) is 2.93. The van der Waals surface area contributed by atoms with Gasteiger partial charge in [0.15, 0.2) is 0 Å². The average Bonchev–Trinajstić information content (AvgIpc) is 3.04. The molecule has 2 unspecified atom stereocenters. The standard InChI is InChI=1S/C16H22N4O2.ClH/c1-21-14-7-8-20(13(9-14)10-17)11-15-18-16(19-22-15)12-5-3-2-4-6-12;/h2-6,13-14H,7-11,17H2,1H3;1H. The summed E-state index contributed by atoms with van der Waals surface area (Å²) in [5.41, 5.74) is 6.86. The Morgan fingerprint density at radius 2 is 2.13 bits per heavy atom. The van der Waals surface area contributed by atoms with Gasteiger partial charge in [-0.1, -0.05) is 35.5 Å². The van der Waals surface area contributed by atoms with Crippen LogP contribution < -0.4 is 5.73 Å². The van der Waals surface area contributed by atoms with E-state index >= 15 is 0 Å². The van der Waals surface area contributed by atoms with Gasteiger partial charge in [0.1, 0.15) is 0 Å². The number of hydrogen-bond donors (Lipinski definition) is 1. The first-order valence-electron chi connectivity index (χ1n) is 7.65. The van der Waals surface area contributed by atoms with Crippen LogP contribution in [0.15, 0.2) is 34.9 Å². The van der Waals surface area contributed by atoms with Crippen molar-refractivity contribution < 1.29 is 9.26 Å². The zero-order valence-corrected chi connectivity index (χ0v) is 14.0.